The molecule has 7 heteroatoms. The Labute approximate surface area is 172 Å². The second-order valence-corrected chi connectivity index (χ2v) is 7.28. The first-order chi connectivity index (χ1) is 14.4. The number of oxime groups is 1. The fourth-order valence-corrected chi connectivity index (χ4v) is 3.88. The number of fused-ring (bicyclic) bond motifs is 2. The number of aliphatic hydroxyl groups is 1. The van der Waals surface area contributed by atoms with E-state index >= 15 is 0 Å². The van der Waals surface area contributed by atoms with Gasteiger partial charge in [-0.3, -0.25) is 9.59 Å². The number of aliphatic hydroxyl groups excluding tert-OH is 1. The average molecular weight is 405 g/mol. The number of allylic oxidation sites excluding steroid dienone is 4. The Morgan fingerprint density at radius 1 is 1.10 bits per heavy atom. The third kappa shape index (κ3) is 3.24. The summed E-state index contributed by atoms with van der Waals surface area (Å²) >= 11 is 0. The number of phenolic OH excluding ortho intramolecular Hbond substituents is 1. The maximum Gasteiger partial charge on any atom is 0.178 e. The van der Waals surface area contributed by atoms with Crippen LogP contribution in [0.25, 0.3) is 0 Å². The summed E-state index contributed by atoms with van der Waals surface area (Å²) in [6.07, 6.45) is 3.09. The zero-order chi connectivity index (χ0) is 21.4. The lowest BCUT2D eigenvalue weighted by Crippen LogP contribution is -2.38. The number of benzene rings is 2. The van der Waals surface area contributed by atoms with Crippen molar-refractivity contribution in [2.24, 2.45) is 17.0 Å². The number of aromatic hydroxyl groups is 1. The van der Waals surface area contributed by atoms with Gasteiger partial charge >= 0.3 is 0 Å². The Morgan fingerprint density at radius 3 is 2.53 bits per heavy atom. The topological polar surface area (TPSA) is 116 Å². The summed E-state index contributed by atoms with van der Waals surface area (Å²) < 4.78 is 5.63. The predicted octanol–water partition coefficient (Wildman–Crippen LogP) is 3.66. The van der Waals surface area contributed by atoms with Crippen LogP contribution in [0.3, 0.4) is 0 Å². The Balaban J connectivity index is 1.66. The largest absolute Gasteiger partial charge is 0.511 e. The zero-order valence-electron chi connectivity index (χ0n) is 16.1. The fourth-order valence-electron chi connectivity index (χ4n) is 3.88. The average Bonchev–Trinajstić information content (AvgIpc) is 2.72. The summed E-state index contributed by atoms with van der Waals surface area (Å²) in [4.78, 5) is 26.0. The smallest absolute Gasteiger partial charge is 0.178 e. The van der Waals surface area contributed by atoms with E-state index in [1.807, 2.05) is 6.07 Å². The van der Waals surface area contributed by atoms with Crippen LogP contribution in [0.4, 0.5) is 0 Å². The second kappa shape index (κ2) is 7.51. The van der Waals surface area contributed by atoms with Gasteiger partial charge in [-0.2, -0.15) is 0 Å². The molecular formula is C23H19NO6. The van der Waals surface area contributed by atoms with Crippen molar-refractivity contribution >= 4 is 17.3 Å². The van der Waals surface area contributed by atoms with Gasteiger partial charge in [0.15, 0.2) is 11.6 Å². The maximum absolute atomic E-state index is 13.0. The molecule has 2 aliphatic rings. The number of carbonyl (C=O) groups is 2. The molecule has 0 saturated heterocycles. The van der Waals surface area contributed by atoms with E-state index in [1.165, 1.54) is 18.2 Å². The van der Waals surface area contributed by atoms with Crippen LogP contribution in [0.5, 0.6) is 11.5 Å². The molecule has 0 radical (unpaired) electrons. The lowest BCUT2D eigenvalue weighted by molar-refractivity contribution is 0.0754. The van der Waals surface area contributed by atoms with Crippen molar-refractivity contribution in [3.05, 3.63) is 82.6 Å². The minimum Gasteiger partial charge on any atom is -0.511 e. The van der Waals surface area contributed by atoms with Gasteiger partial charge in [-0.25, -0.2) is 0 Å². The molecule has 4 rings (SSSR count). The summed E-state index contributed by atoms with van der Waals surface area (Å²) in [5, 5.41) is 33.2. The molecule has 30 heavy (non-hydrogen) atoms. The number of hydrogen-bond donors (Lipinski definition) is 3. The highest BCUT2D eigenvalue weighted by Crippen LogP contribution is 2.42. The maximum atomic E-state index is 13.0. The summed E-state index contributed by atoms with van der Waals surface area (Å²) in [5.41, 5.74) is 1.51. The van der Waals surface area contributed by atoms with Crippen LogP contribution in [0.1, 0.15) is 33.2 Å². The number of Topliss-reactive ketones (excluding diaryl/α,β-unsaturated/α-hetero) is 2. The van der Waals surface area contributed by atoms with E-state index in [1.54, 1.807) is 37.3 Å². The Kier molecular flexibility index (Phi) is 4.87. The number of ketones is 2. The molecule has 2 aromatic carbocycles. The van der Waals surface area contributed by atoms with Gasteiger partial charge in [0.2, 0.25) is 0 Å². The van der Waals surface area contributed by atoms with Crippen LogP contribution in [0.2, 0.25) is 0 Å². The van der Waals surface area contributed by atoms with Gasteiger partial charge in [-0.1, -0.05) is 47.1 Å². The lowest BCUT2D eigenvalue weighted by atomic mass is 9.70. The molecule has 152 valence electrons. The highest BCUT2D eigenvalue weighted by Gasteiger charge is 2.45. The first-order valence-electron chi connectivity index (χ1n) is 9.34. The summed E-state index contributed by atoms with van der Waals surface area (Å²) in [5.74, 6) is -3.19. The molecule has 0 saturated carbocycles. The van der Waals surface area contributed by atoms with Gasteiger partial charge < -0.3 is 20.2 Å². The van der Waals surface area contributed by atoms with Crippen molar-refractivity contribution < 1.29 is 29.7 Å². The van der Waals surface area contributed by atoms with Crippen molar-refractivity contribution in [3.8, 4) is 11.5 Å². The number of nitrogens with zero attached hydrogens (tertiary/aromatic N) is 1. The first-order valence-corrected chi connectivity index (χ1v) is 9.34. The molecule has 0 bridgehead atoms. The molecule has 0 aromatic heterocycles. The molecule has 2 aliphatic carbocycles. The highest BCUT2D eigenvalue weighted by atomic mass is 16.5. The Hall–Kier alpha value is -3.87. The SMILES string of the molecule is CC1=CC2C(=O)c3cc(OC/C(=N/O)c4ccccc4)cc(O)c3C(=O)C2C(O)=C1. The highest BCUT2D eigenvalue weighted by molar-refractivity contribution is 6.19. The molecular weight excluding hydrogens is 386 g/mol. The fraction of sp³-hybridized carbons (Fsp3) is 0.174. The second-order valence-electron chi connectivity index (χ2n) is 7.28. The van der Waals surface area contributed by atoms with Gasteiger partial charge in [0.25, 0.3) is 0 Å². The van der Waals surface area contributed by atoms with E-state index in [9.17, 15) is 25.0 Å². The molecule has 2 unspecified atom stereocenters. The zero-order valence-corrected chi connectivity index (χ0v) is 16.1. The van der Waals surface area contributed by atoms with Gasteiger partial charge in [-0.05, 0) is 19.1 Å². The summed E-state index contributed by atoms with van der Waals surface area (Å²) in [6.45, 7) is 1.62. The molecule has 0 heterocycles. The third-order valence-corrected chi connectivity index (χ3v) is 5.29. The van der Waals surface area contributed by atoms with Crippen molar-refractivity contribution in [3.63, 3.8) is 0 Å². The minimum absolute atomic E-state index is 0.0391. The first kappa shape index (κ1) is 19.4. The molecule has 2 aromatic rings. The molecule has 0 aliphatic heterocycles. The Morgan fingerprint density at radius 2 is 1.83 bits per heavy atom. The molecule has 0 fully saturated rings. The third-order valence-electron chi connectivity index (χ3n) is 5.29. The number of hydrogen-bond acceptors (Lipinski definition) is 7. The number of carbonyl (C=O) groups excluding carboxylic acids is 2. The van der Waals surface area contributed by atoms with E-state index < -0.39 is 23.4 Å². The molecule has 0 spiro atoms. The Bertz CT molecular complexity index is 1130. The van der Waals surface area contributed by atoms with Gasteiger partial charge in [0.1, 0.15) is 29.6 Å². The van der Waals surface area contributed by atoms with Gasteiger partial charge in [-0.15, -0.1) is 0 Å². The van der Waals surface area contributed by atoms with E-state index in [0.29, 0.717) is 11.1 Å². The van der Waals surface area contributed by atoms with Crippen molar-refractivity contribution in [1.29, 1.82) is 0 Å². The van der Waals surface area contributed by atoms with Gasteiger partial charge in [0, 0.05) is 17.2 Å². The van der Waals surface area contributed by atoms with E-state index in [4.69, 9.17) is 4.74 Å². The summed E-state index contributed by atoms with van der Waals surface area (Å²) in [7, 11) is 0. The lowest BCUT2D eigenvalue weighted by Gasteiger charge is -2.31. The minimum atomic E-state index is -1.03. The number of phenols is 1. The van der Waals surface area contributed by atoms with Crippen LogP contribution in [-0.2, 0) is 0 Å². The quantitative estimate of drug-likeness (QED) is 0.406. The van der Waals surface area contributed by atoms with Crippen LogP contribution in [0, 0.1) is 11.8 Å². The standard InChI is InChI=1S/C23H19NO6/c1-12-7-15-20(18(25)8-12)23(28)21-16(22(15)27)9-14(10-19(21)26)30-11-17(24-29)13-5-3-2-4-6-13/h2-10,15,20,25-26,29H,11H2,1H3/b24-17-. The monoisotopic (exact) mass is 405 g/mol. The predicted molar refractivity (Wildman–Crippen MR) is 108 cm³/mol. The van der Waals surface area contributed by atoms with Crippen LogP contribution in [0.15, 0.2) is 71.1 Å². The summed E-state index contributed by atoms with van der Waals surface area (Å²) in [6, 6.07) is 11.5. The van der Waals surface area contributed by atoms with Crippen molar-refractivity contribution in [2.45, 2.75) is 6.92 Å². The van der Waals surface area contributed by atoms with E-state index in [2.05, 4.69) is 5.16 Å². The normalized spacial score (nSPS) is 20.8. The van der Waals surface area contributed by atoms with Crippen molar-refractivity contribution in [2.75, 3.05) is 6.61 Å². The molecule has 3 N–H and O–H groups in total. The molecule has 2 atom stereocenters. The van der Waals surface area contributed by atoms with E-state index in [0.717, 1.165) is 0 Å². The van der Waals surface area contributed by atoms with Crippen LogP contribution in [-0.4, -0.2) is 39.3 Å². The van der Waals surface area contributed by atoms with Crippen LogP contribution >= 0.6 is 0 Å². The number of ether oxygens (including phenoxy) is 1. The molecule has 7 nitrogen and oxygen atoms in total. The molecule has 0 amide bonds. The van der Waals surface area contributed by atoms with Crippen molar-refractivity contribution in [1.82, 2.24) is 0 Å². The van der Waals surface area contributed by atoms with Gasteiger partial charge in [0.05, 0.1) is 17.4 Å². The van der Waals surface area contributed by atoms with Crippen LogP contribution < -0.4 is 4.74 Å². The van der Waals surface area contributed by atoms with E-state index in [-0.39, 0.29) is 40.7 Å². The number of rotatable bonds is 4.